The normalized spacial score (nSPS) is 12.5. The summed E-state index contributed by atoms with van der Waals surface area (Å²) >= 11 is 23.8. The van der Waals surface area contributed by atoms with Gasteiger partial charge in [-0.25, -0.2) is 0 Å². The lowest BCUT2D eigenvalue weighted by atomic mass is 10.0. The van der Waals surface area contributed by atoms with E-state index in [-0.39, 0.29) is 21.4 Å². The van der Waals surface area contributed by atoms with Crippen LogP contribution in [0.5, 0.6) is 5.75 Å². The molecule has 0 saturated carbocycles. The van der Waals surface area contributed by atoms with Gasteiger partial charge in [-0.1, -0.05) is 52.5 Å². The molecule has 0 aliphatic carbocycles. The van der Waals surface area contributed by atoms with E-state index in [2.05, 4.69) is 0 Å². The van der Waals surface area contributed by atoms with Gasteiger partial charge < -0.3 is 10.2 Å². The van der Waals surface area contributed by atoms with Crippen LogP contribution in [0.2, 0.25) is 20.1 Å². The molecule has 6 heteroatoms. The largest absolute Gasteiger partial charge is 0.508 e. The summed E-state index contributed by atoms with van der Waals surface area (Å²) in [6.45, 7) is 0. The van der Waals surface area contributed by atoms with E-state index in [1.807, 2.05) is 0 Å². The molecule has 1 unspecified atom stereocenters. The van der Waals surface area contributed by atoms with Gasteiger partial charge in [0.05, 0.1) is 10.0 Å². The van der Waals surface area contributed by atoms with Gasteiger partial charge in [0, 0.05) is 21.2 Å². The lowest BCUT2D eigenvalue weighted by Crippen LogP contribution is -2.02. The molecule has 2 aromatic carbocycles. The van der Waals surface area contributed by atoms with Crippen molar-refractivity contribution in [2.24, 2.45) is 0 Å². The standard InChI is InChI=1S/C13H8Cl4O2/c14-6-1-2-8(9(15)3-6)13(19)12-10(16)4-7(18)5-11(12)17/h1-5,13,18-19H. The monoisotopic (exact) mass is 336 g/mol. The second-order valence-electron chi connectivity index (χ2n) is 3.89. The molecule has 2 aromatic rings. The van der Waals surface area contributed by atoms with Crippen LogP contribution < -0.4 is 0 Å². The molecule has 0 bridgehead atoms. The van der Waals surface area contributed by atoms with Crippen molar-refractivity contribution in [2.45, 2.75) is 6.10 Å². The van der Waals surface area contributed by atoms with Crippen LogP contribution in [0.4, 0.5) is 0 Å². The average molecular weight is 338 g/mol. The van der Waals surface area contributed by atoms with E-state index in [9.17, 15) is 10.2 Å². The number of hydrogen-bond donors (Lipinski definition) is 2. The van der Waals surface area contributed by atoms with Crippen LogP contribution in [-0.4, -0.2) is 10.2 Å². The number of phenolic OH excluding ortho intramolecular Hbond substituents is 1. The minimum Gasteiger partial charge on any atom is -0.508 e. The first-order valence-electron chi connectivity index (χ1n) is 5.21. The van der Waals surface area contributed by atoms with Gasteiger partial charge in [-0.15, -0.1) is 0 Å². The van der Waals surface area contributed by atoms with Gasteiger partial charge in [0.25, 0.3) is 0 Å². The van der Waals surface area contributed by atoms with Crippen LogP contribution in [0.15, 0.2) is 30.3 Å². The van der Waals surface area contributed by atoms with Crippen molar-refractivity contribution in [3.63, 3.8) is 0 Å². The Kier molecular flexibility index (Phi) is 4.49. The Bertz CT molecular complexity index is 605. The molecule has 2 nitrogen and oxygen atoms in total. The van der Waals surface area contributed by atoms with Gasteiger partial charge in [-0.05, 0) is 24.3 Å². The maximum atomic E-state index is 10.3. The Morgan fingerprint density at radius 2 is 1.42 bits per heavy atom. The van der Waals surface area contributed by atoms with Crippen molar-refractivity contribution in [1.82, 2.24) is 0 Å². The number of aliphatic hydroxyl groups is 1. The van der Waals surface area contributed by atoms with Crippen molar-refractivity contribution >= 4 is 46.4 Å². The van der Waals surface area contributed by atoms with Crippen LogP contribution in [0.1, 0.15) is 17.2 Å². The van der Waals surface area contributed by atoms with Gasteiger partial charge in [-0.3, -0.25) is 0 Å². The summed E-state index contributed by atoms with van der Waals surface area (Å²) in [5.74, 6) is -0.0758. The lowest BCUT2D eigenvalue weighted by molar-refractivity contribution is 0.220. The molecule has 0 heterocycles. The van der Waals surface area contributed by atoms with E-state index < -0.39 is 6.10 Å². The minimum atomic E-state index is -1.11. The first kappa shape index (κ1) is 14.8. The number of aliphatic hydroxyl groups excluding tert-OH is 1. The zero-order valence-electron chi connectivity index (χ0n) is 9.37. The molecule has 1 atom stereocenters. The molecule has 0 radical (unpaired) electrons. The van der Waals surface area contributed by atoms with Crippen LogP contribution in [0.25, 0.3) is 0 Å². The second-order valence-corrected chi connectivity index (χ2v) is 5.55. The van der Waals surface area contributed by atoms with Crippen molar-refractivity contribution in [2.75, 3.05) is 0 Å². The van der Waals surface area contributed by atoms with E-state index in [0.29, 0.717) is 15.6 Å². The highest BCUT2D eigenvalue weighted by atomic mass is 35.5. The third-order valence-electron chi connectivity index (χ3n) is 2.59. The summed E-state index contributed by atoms with van der Waals surface area (Å²) in [5, 5.41) is 20.8. The summed E-state index contributed by atoms with van der Waals surface area (Å²) in [6.07, 6.45) is -1.11. The van der Waals surface area contributed by atoms with Crippen molar-refractivity contribution < 1.29 is 10.2 Å². The molecule has 100 valence electrons. The Balaban J connectivity index is 2.53. The summed E-state index contributed by atoms with van der Waals surface area (Å²) in [5.41, 5.74) is 0.714. The Morgan fingerprint density at radius 1 is 0.842 bits per heavy atom. The number of halogens is 4. The number of benzene rings is 2. The van der Waals surface area contributed by atoms with Gasteiger partial charge in [0.2, 0.25) is 0 Å². The van der Waals surface area contributed by atoms with Gasteiger partial charge >= 0.3 is 0 Å². The summed E-state index contributed by atoms with van der Waals surface area (Å²) < 4.78 is 0. The Labute approximate surface area is 130 Å². The van der Waals surface area contributed by atoms with Crippen LogP contribution in [0.3, 0.4) is 0 Å². The topological polar surface area (TPSA) is 40.5 Å². The fourth-order valence-corrected chi connectivity index (χ4v) is 2.90. The molecular weight excluding hydrogens is 330 g/mol. The third-order valence-corrected chi connectivity index (χ3v) is 3.78. The number of phenols is 1. The molecule has 0 aromatic heterocycles. The smallest absolute Gasteiger partial charge is 0.118 e. The molecule has 19 heavy (non-hydrogen) atoms. The molecule has 0 aliphatic rings. The molecule has 0 amide bonds. The number of hydrogen-bond acceptors (Lipinski definition) is 2. The Hall–Kier alpha value is -0.640. The van der Waals surface area contributed by atoms with Crippen molar-refractivity contribution in [3.05, 3.63) is 61.5 Å². The summed E-state index contributed by atoms with van der Waals surface area (Å²) in [6, 6.07) is 7.32. The van der Waals surface area contributed by atoms with Crippen LogP contribution >= 0.6 is 46.4 Å². The molecule has 2 N–H and O–H groups in total. The molecule has 0 aliphatic heterocycles. The maximum absolute atomic E-state index is 10.3. The fourth-order valence-electron chi connectivity index (χ4n) is 1.71. The lowest BCUT2D eigenvalue weighted by Gasteiger charge is -2.16. The predicted octanol–water partition coefficient (Wildman–Crippen LogP) is 5.09. The highest BCUT2D eigenvalue weighted by molar-refractivity contribution is 6.37. The molecule has 0 spiro atoms. The first-order valence-corrected chi connectivity index (χ1v) is 6.72. The van der Waals surface area contributed by atoms with E-state index in [1.165, 1.54) is 18.2 Å². The molecule has 0 saturated heterocycles. The second kappa shape index (κ2) is 5.78. The average Bonchev–Trinajstić information content (AvgIpc) is 2.26. The van der Waals surface area contributed by atoms with Gasteiger partial charge in [-0.2, -0.15) is 0 Å². The Morgan fingerprint density at radius 3 is 1.95 bits per heavy atom. The number of aromatic hydroxyl groups is 1. The maximum Gasteiger partial charge on any atom is 0.118 e. The van der Waals surface area contributed by atoms with Gasteiger partial charge in [0.1, 0.15) is 11.9 Å². The fraction of sp³-hybridized carbons (Fsp3) is 0.0769. The van der Waals surface area contributed by atoms with Crippen LogP contribution in [0, 0.1) is 0 Å². The zero-order valence-corrected chi connectivity index (χ0v) is 12.4. The molecule has 0 fully saturated rings. The highest BCUT2D eigenvalue weighted by Gasteiger charge is 2.20. The minimum absolute atomic E-state index is 0.0758. The number of rotatable bonds is 2. The zero-order chi connectivity index (χ0) is 14.2. The highest BCUT2D eigenvalue weighted by Crippen LogP contribution is 2.39. The van der Waals surface area contributed by atoms with Crippen LogP contribution in [-0.2, 0) is 0 Å². The summed E-state index contributed by atoms with van der Waals surface area (Å²) in [4.78, 5) is 0. The molecular formula is C13H8Cl4O2. The quantitative estimate of drug-likeness (QED) is 0.801. The van der Waals surface area contributed by atoms with E-state index in [4.69, 9.17) is 46.4 Å². The van der Waals surface area contributed by atoms with E-state index in [0.717, 1.165) is 0 Å². The first-order chi connectivity index (χ1) is 8.90. The predicted molar refractivity (Wildman–Crippen MR) is 78.7 cm³/mol. The summed E-state index contributed by atoms with van der Waals surface area (Å²) in [7, 11) is 0. The third kappa shape index (κ3) is 3.10. The van der Waals surface area contributed by atoms with Gasteiger partial charge in [0.15, 0.2) is 0 Å². The van der Waals surface area contributed by atoms with E-state index >= 15 is 0 Å². The van der Waals surface area contributed by atoms with E-state index in [1.54, 1.807) is 12.1 Å². The molecule has 2 rings (SSSR count). The SMILES string of the molecule is Oc1cc(Cl)c(C(O)c2ccc(Cl)cc2Cl)c(Cl)c1. The van der Waals surface area contributed by atoms with Crippen molar-refractivity contribution in [3.8, 4) is 5.75 Å². The van der Waals surface area contributed by atoms with Crippen molar-refractivity contribution in [1.29, 1.82) is 0 Å².